The van der Waals surface area contributed by atoms with Crippen LogP contribution >= 0.6 is 0 Å². The Bertz CT molecular complexity index is 1060. The lowest BCUT2D eigenvalue weighted by Crippen LogP contribution is -2.28. The molecule has 3 rings (SSSR count). The van der Waals surface area contributed by atoms with Crippen LogP contribution in [0.4, 0.5) is 5.69 Å². The number of amides is 2. The second kappa shape index (κ2) is 9.50. The topological polar surface area (TPSA) is 113 Å². The molecule has 0 saturated heterocycles. The quantitative estimate of drug-likeness (QED) is 0.541. The zero-order valence-corrected chi connectivity index (χ0v) is 16.0. The maximum Gasteiger partial charge on any atom is 0.258 e. The van der Waals surface area contributed by atoms with Crippen molar-refractivity contribution in [1.29, 1.82) is 0 Å². The second-order valence-corrected chi connectivity index (χ2v) is 6.34. The fraction of sp³-hybridized carbons (Fsp3) is 0.238. The first-order valence-corrected chi connectivity index (χ1v) is 9.32. The van der Waals surface area contributed by atoms with Crippen molar-refractivity contribution in [3.8, 4) is 5.75 Å². The molecule has 0 radical (unpaired) electrons. The van der Waals surface area contributed by atoms with Gasteiger partial charge in [-0.05, 0) is 43.3 Å². The first-order valence-electron chi connectivity index (χ1n) is 9.32. The SMILES string of the molecule is CCNC(=O)COc1ccc(NC(=O)CCc2nc3ccccc3c(=O)[nH]2)cc1. The predicted octanol–water partition coefficient (Wildman–Crippen LogP) is 2.01. The number of H-pyrrole nitrogens is 1. The number of carbonyl (C=O) groups excluding carboxylic acids is 2. The summed E-state index contributed by atoms with van der Waals surface area (Å²) in [7, 11) is 0. The van der Waals surface area contributed by atoms with Crippen molar-refractivity contribution in [3.63, 3.8) is 0 Å². The number of benzene rings is 2. The smallest absolute Gasteiger partial charge is 0.258 e. The summed E-state index contributed by atoms with van der Waals surface area (Å²) < 4.78 is 5.37. The molecule has 0 saturated carbocycles. The van der Waals surface area contributed by atoms with E-state index in [9.17, 15) is 14.4 Å². The molecule has 8 heteroatoms. The van der Waals surface area contributed by atoms with E-state index in [1.54, 1.807) is 42.5 Å². The summed E-state index contributed by atoms with van der Waals surface area (Å²) in [5, 5.41) is 5.95. The number of hydrogen-bond acceptors (Lipinski definition) is 5. The molecule has 1 aromatic heterocycles. The third-order valence-corrected chi connectivity index (χ3v) is 4.13. The fourth-order valence-electron chi connectivity index (χ4n) is 2.74. The Hall–Kier alpha value is -3.68. The van der Waals surface area contributed by atoms with Crippen molar-refractivity contribution < 1.29 is 14.3 Å². The highest BCUT2D eigenvalue weighted by Crippen LogP contribution is 2.16. The van der Waals surface area contributed by atoms with Gasteiger partial charge in [-0.15, -0.1) is 0 Å². The number of hydrogen-bond donors (Lipinski definition) is 3. The minimum Gasteiger partial charge on any atom is -0.484 e. The third kappa shape index (κ3) is 5.65. The lowest BCUT2D eigenvalue weighted by atomic mass is 10.2. The van der Waals surface area contributed by atoms with E-state index < -0.39 is 0 Å². The summed E-state index contributed by atoms with van der Waals surface area (Å²) in [6, 6.07) is 13.8. The zero-order valence-electron chi connectivity index (χ0n) is 16.0. The van der Waals surface area contributed by atoms with Crippen LogP contribution in [0.5, 0.6) is 5.75 Å². The first kappa shape index (κ1) is 20.1. The van der Waals surface area contributed by atoms with E-state index in [0.29, 0.717) is 41.1 Å². The van der Waals surface area contributed by atoms with Crippen molar-refractivity contribution in [3.05, 3.63) is 64.7 Å². The Balaban J connectivity index is 1.52. The second-order valence-electron chi connectivity index (χ2n) is 6.34. The molecule has 0 fully saturated rings. The molecule has 0 aliphatic carbocycles. The molecule has 2 amide bonds. The van der Waals surface area contributed by atoms with Crippen LogP contribution in [0.15, 0.2) is 53.3 Å². The van der Waals surface area contributed by atoms with Crippen molar-refractivity contribution in [2.45, 2.75) is 19.8 Å². The number of ether oxygens (including phenoxy) is 1. The Morgan fingerprint density at radius 1 is 1.07 bits per heavy atom. The van der Waals surface area contributed by atoms with Gasteiger partial charge in [0.2, 0.25) is 5.91 Å². The predicted molar refractivity (Wildman–Crippen MR) is 110 cm³/mol. The summed E-state index contributed by atoms with van der Waals surface area (Å²) >= 11 is 0. The molecule has 8 nitrogen and oxygen atoms in total. The molecule has 29 heavy (non-hydrogen) atoms. The highest BCUT2D eigenvalue weighted by molar-refractivity contribution is 5.90. The zero-order chi connectivity index (χ0) is 20.6. The molecule has 0 atom stereocenters. The van der Waals surface area contributed by atoms with Crippen molar-refractivity contribution in [2.75, 3.05) is 18.5 Å². The van der Waals surface area contributed by atoms with Gasteiger partial charge in [0.05, 0.1) is 10.9 Å². The number of fused-ring (bicyclic) bond motifs is 1. The molecule has 0 aliphatic heterocycles. The van der Waals surface area contributed by atoms with Gasteiger partial charge in [-0.3, -0.25) is 14.4 Å². The van der Waals surface area contributed by atoms with Gasteiger partial charge in [0.25, 0.3) is 11.5 Å². The summed E-state index contributed by atoms with van der Waals surface area (Å²) in [5.74, 6) is 0.618. The molecule has 0 spiro atoms. The molecule has 0 bridgehead atoms. The average Bonchev–Trinajstić information content (AvgIpc) is 2.72. The van der Waals surface area contributed by atoms with E-state index >= 15 is 0 Å². The fourth-order valence-corrected chi connectivity index (χ4v) is 2.74. The molecule has 3 aromatic rings. The van der Waals surface area contributed by atoms with Crippen molar-refractivity contribution in [2.24, 2.45) is 0 Å². The van der Waals surface area contributed by atoms with Crippen LogP contribution in [0.25, 0.3) is 10.9 Å². The number of aromatic nitrogens is 2. The van der Waals surface area contributed by atoms with E-state index in [4.69, 9.17) is 4.74 Å². The standard InChI is InChI=1S/C21H22N4O4/c1-2-22-20(27)13-29-15-9-7-14(8-10-15)23-19(26)12-11-18-24-17-6-4-3-5-16(17)21(28)25-18/h3-10H,2,11-13H2,1H3,(H,22,27)(H,23,26)(H,24,25,28). The Labute approximate surface area is 167 Å². The normalized spacial score (nSPS) is 10.5. The molecular weight excluding hydrogens is 372 g/mol. The molecule has 0 unspecified atom stereocenters. The van der Waals surface area contributed by atoms with Gasteiger partial charge in [-0.2, -0.15) is 0 Å². The van der Waals surface area contributed by atoms with Crippen molar-refractivity contribution in [1.82, 2.24) is 15.3 Å². The van der Waals surface area contributed by atoms with Crippen LogP contribution in [-0.4, -0.2) is 34.9 Å². The van der Waals surface area contributed by atoms with Crippen LogP contribution in [0.1, 0.15) is 19.2 Å². The van der Waals surface area contributed by atoms with E-state index in [2.05, 4.69) is 20.6 Å². The summed E-state index contributed by atoms with van der Waals surface area (Å²) in [4.78, 5) is 42.8. The van der Waals surface area contributed by atoms with Crippen LogP contribution in [-0.2, 0) is 16.0 Å². The average molecular weight is 394 g/mol. The number of aryl methyl sites for hydroxylation is 1. The number of aromatic amines is 1. The van der Waals surface area contributed by atoms with E-state index in [1.165, 1.54) is 0 Å². The maximum absolute atomic E-state index is 12.2. The monoisotopic (exact) mass is 394 g/mol. The maximum atomic E-state index is 12.2. The van der Waals surface area contributed by atoms with Gasteiger partial charge >= 0.3 is 0 Å². The Kier molecular flexibility index (Phi) is 6.57. The van der Waals surface area contributed by atoms with E-state index in [-0.39, 0.29) is 30.4 Å². The lowest BCUT2D eigenvalue weighted by molar-refractivity contribution is -0.123. The molecule has 3 N–H and O–H groups in total. The number of likely N-dealkylation sites (N-methyl/N-ethyl adjacent to an activating group) is 1. The molecule has 150 valence electrons. The highest BCUT2D eigenvalue weighted by Gasteiger charge is 2.08. The van der Waals surface area contributed by atoms with Gasteiger partial charge in [-0.25, -0.2) is 4.98 Å². The Morgan fingerprint density at radius 3 is 2.59 bits per heavy atom. The van der Waals surface area contributed by atoms with Crippen LogP contribution in [0.3, 0.4) is 0 Å². The third-order valence-electron chi connectivity index (χ3n) is 4.13. The number of nitrogens with zero attached hydrogens (tertiary/aromatic N) is 1. The summed E-state index contributed by atoms with van der Waals surface area (Å²) in [6.45, 7) is 2.33. The number of anilines is 1. The number of carbonyl (C=O) groups is 2. The number of rotatable bonds is 8. The van der Waals surface area contributed by atoms with Gasteiger partial charge in [-0.1, -0.05) is 12.1 Å². The van der Waals surface area contributed by atoms with Crippen LogP contribution in [0.2, 0.25) is 0 Å². The largest absolute Gasteiger partial charge is 0.484 e. The lowest BCUT2D eigenvalue weighted by Gasteiger charge is -2.08. The molecule has 0 aliphatic rings. The minimum atomic E-state index is -0.214. The van der Waals surface area contributed by atoms with Gasteiger partial charge < -0.3 is 20.4 Å². The van der Waals surface area contributed by atoms with Crippen molar-refractivity contribution >= 4 is 28.4 Å². The molecule has 1 heterocycles. The van der Waals surface area contributed by atoms with E-state index in [0.717, 1.165) is 0 Å². The molecule has 2 aromatic carbocycles. The molecular formula is C21H22N4O4. The highest BCUT2D eigenvalue weighted by atomic mass is 16.5. The minimum absolute atomic E-state index is 0.0590. The van der Waals surface area contributed by atoms with Gasteiger partial charge in [0.15, 0.2) is 6.61 Å². The number of nitrogens with one attached hydrogen (secondary N) is 3. The van der Waals surface area contributed by atoms with E-state index in [1.807, 2.05) is 13.0 Å². The van der Waals surface area contributed by atoms with Crippen LogP contribution < -0.4 is 20.9 Å². The first-order chi connectivity index (χ1) is 14.0. The van der Waals surface area contributed by atoms with Gasteiger partial charge in [0.1, 0.15) is 11.6 Å². The summed E-state index contributed by atoms with van der Waals surface area (Å²) in [5.41, 5.74) is 1.00. The number of para-hydroxylation sites is 1. The summed E-state index contributed by atoms with van der Waals surface area (Å²) in [6.07, 6.45) is 0.496. The van der Waals surface area contributed by atoms with Crippen LogP contribution in [0, 0.1) is 0 Å². The Morgan fingerprint density at radius 2 is 1.83 bits per heavy atom. The van der Waals surface area contributed by atoms with Gasteiger partial charge in [0, 0.05) is 25.1 Å².